The molecule has 5 heteroatoms. The maximum atomic E-state index is 5.42. The van der Waals surface area contributed by atoms with E-state index in [2.05, 4.69) is 9.88 Å². The number of rotatable bonds is 2. The molecule has 0 spiro atoms. The third-order valence-electron chi connectivity index (χ3n) is 2.19. The largest absolute Gasteiger partial charge is 0.378 e. The van der Waals surface area contributed by atoms with Crippen LogP contribution >= 0.6 is 11.9 Å². The van der Waals surface area contributed by atoms with Crippen molar-refractivity contribution >= 4 is 17.8 Å². The van der Waals surface area contributed by atoms with Gasteiger partial charge in [0, 0.05) is 24.2 Å². The van der Waals surface area contributed by atoms with E-state index in [4.69, 9.17) is 9.88 Å². The van der Waals surface area contributed by atoms with Crippen molar-refractivity contribution in [2.75, 3.05) is 31.2 Å². The summed E-state index contributed by atoms with van der Waals surface area (Å²) in [6.07, 6.45) is 1.80. The molecule has 1 fully saturated rings. The number of nitrogens with two attached hydrogens (primary N) is 1. The molecule has 1 aliphatic heterocycles. The number of hydrogen-bond acceptors (Lipinski definition) is 5. The molecule has 0 amide bonds. The second-order valence-electron chi connectivity index (χ2n) is 3.07. The first-order valence-corrected chi connectivity index (χ1v) is 5.43. The SMILES string of the molecule is NSc1ccc(N2CCOCC2)nc1. The standard InChI is InChI=1S/C9H13N3OS/c10-14-8-1-2-9(11-7-8)12-3-5-13-6-4-12/h1-2,7H,3-6,10H2. The lowest BCUT2D eigenvalue weighted by molar-refractivity contribution is 0.122. The highest BCUT2D eigenvalue weighted by Gasteiger charge is 2.11. The van der Waals surface area contributed by atoms with Crippen molar-refractivity contribution < 1.29 is 4.74 Å². The number of hydrogen-bond donors (Lipinski definition) is 1. The van der Waals surface area contributed by atoms with E-state index in [-0.39, 0.29) is 0 Å². The number of anilines is 1. The Balaban J connectivity index is 2.07. The molecule has 1 aliphatic rings. The van der Waals surface area contributed by atoms with Gasteiger partial charge in [-0.2, -0.15) is 0 Å². The Hall–Kier alpha value is -0.780. The molecule has 0 aromatic carbocycles. The summed E-state index contributed by atoms with van der Waals surface area (Å²) in [6, 6.07) is 3.99. The number of ether oxygens (including phenoxy) is 1. The van der Waals surface area contributed by atoms with Gasteiger partial charge < -0.3 is 9.64 Å². The number of pyridine rings is 1. The predicted octanol–water partition coefficient (Wildman–Crippen LogP) is 0.884. The smallest absolute Gasteiger partial charge is 0.128 e. The zero-order valence-electron chi connectivity index (χ0n) is 7.85. The number of morpholine rings is 1. The monoisotopic (exact) mass is 211 g/mol. The van der Waals surface area contributed by atoms with Crippen LogP contribution in [0.3, 0.4) is 0 Å². The Labute approximate surface area is 87.6 Å². The lowest BCUT2D eigenvalue weighted by Gasteiger charge is -2.27. The molecular weight excluding hydrogens is 198 g/mol. The average molecular weight is 211 g/mol. The zero-order chi connectivity index (χ0) is 9.80. The predicted molar refractivity (Wildman–Crippen MR) is 57.3 cm³/mol. The van der Waals surface area contributed by atoms with Gasteiger partial charge in [-0.15, -0.1) is 0 Å². The van der Waals surface area contributed by atoms with Gasteiger partial charge in [0.15, 0.2) is 0 Å². The minimum Gasteiger partial charge on any atom is -0.378 e. The number of aromatic nitrogens is 1. The summed E-state index contributed by atoms with van der Waals surface area (Å²) in [7, 11) is 0. The molecule has 0 atom stereocenters. The topological polar surface area (TPSA) is 51.4 Å². The molecule has 1 aromatic heterocycles. The van der Waals surface area contributed by atoms with Crippen LogP contribution in [0.25, 0.3) is 0 Å². The molecule has 0 saturated carbocycles. The average Bonchev–Trinajstić information content (AvgIpc) is 2.30. The van der Waals surface area contributed by atoms with E-state index in [0.29, 0.717) is 0 Å². The maximum Gasteiger partial charge on any atom is 0.128 e. The summed E-state index contributed by atoms with van der Waals surface area (Å²) in [5.41, 5.74) is 0. The Kier molecular flexibility index (Phi) is 3.23. The van der Waals surface area contributed by atoms with Crippen LogP contribution in [0.2, 0.25) is 0 Å². The van der Waals surface area contributed by atoms with Gasteiger partial charge in [-0.3, -0.25) is 5.14 Å². The van der Waals surface area contributed by atoms with E-state index in [1.165, 1.54) is 11.9 Å². The van der Waals surface area contributed by atoms with E-state index in [1.807, 2.05) is 12.1 Å². The lowest BCUT2D eigenvalue weighted by atomic mass is 10.4. The van der Waals surface area contributed by atoms with Gasteiger partial charge in [-0.25, -0.2) is 4.98 Å². The van der Waals surface area contributed by atoms with E-state index in [9.17, 15) is 0 Å². The van der Waals surface area contributed by atoms with Gasteiger partial charge in [0.05, 0.1) is 13.2 Å². The first kappa shape index (κ1) is 9.76. The van der Waals surface area contributed by atoms with Crippen LogP contribution in [0.1, 0.15) is 0 Å². The molecule has 0 unspecified atom stereocenters. The Morgan fingerprint density at radius 3 is 2.71 bits per heavy atom. The highest BCUT2D eigenvalue weighted by Crippen LogP contribution is 2.16. The number of nitrogens with zero attached hydrogens (tertiary/aromatic N) is 2. The summed E-state index contributed by atoms with van der Waals surface area (Å²) in [4.78, 5) is 7.55. The molecule has 14 heavy (non-hydrogen) atoms. The van der Waals surface area contributed by atoms with Crippen LogP contribution in [-0.4, -0.2) is 31.3 Å². The minimum atomic E-state index is 0.787. The first-order valence-electron chi connectivity index (χ1n) is 4.55. The van der Waals surface area contributed by atoms with E-state index >= 15 is 0 Å². The van der Waals surface area contributed by atoms with Crippen LogP contribution in [0.5, 0.6) is 0 Å². The molecular formula is C9H13N3OS. The van der Waals surface area contributed by atoms with Gasteiger partial charge >= 0.3 is 0 Å². The van der Waals surface area contributed by atoms with Crippen LogP contribution < -0.4 is 10.0 Å². The highest BCUT2D eigenvalue weighted by molar-refractivity contribution is 7.97. The summed E-state index contributed by atoms with van der Waals surface area (Å²) in [5, 5.41) is 5.42. The zero-order valence-corrected chi connectivity index (χ0v) is 8.67. The molecule has 0 bridgehead atoms. The summed E-state index contributed by atoms with van der Waals surface area (Å²) < 4.78 is 5.27. The van der Waals surface area contributed by atoms with Crippen molar-refractivity contribution in [3.63, 3.8) is 0 Å². The van der Waals surface area contributed by atoms with Crippen molar-refractivity contribution in [3.8, 4) is 0 Å². The van der Waals surface area contributed by atoms with E-state index < -0.39 is 0 Å². The van der Waals surface area contributed by atoms with Gasteiger partial charge in [0.25, 0.3) is 0 Å². The van der Waals surface area contributed by atoms with Crippen molar-refractivity contribution in [2.24, 2.45) is 5.14 Å². The quantitative estimate of drug-likeness (QED) is 0.736. The molecule has 2 rings (SSSR count). The molecule has 0 radical (unpaired) electrons. The summed E-state index contributed by atoms with van der Waals surface area (Å²) in [6.45, 7) is 3.41. The second-order valence-corrected chi connectivity index (χ2v) is 3.78. The van der Waals surface area contributed by atoms with Crippen LogP contribution in [0, 0.1) is 0 Å². The fourth-order valence-electron chi connectivity index (χ4n) is 1.42. The molecule has 0 aliphatic carbocycles. The van der Waals surface area contributed by atoms with Crippen molar-refractivity contribution in [2.45, 2.75) is 4.90 Å². The van der Waals surface area contributed by atoms with Gasteiger partial charge in [-0.1, -0.05) is 0 Å². The Morgan fingerprint density at radius 2 is 2.14 bits per heavy atom. The van der Waals surface area contributed by atoms with E-state index in [1.54, 1.807) is 6.20 Å². The van der Waals surface area contributed by atoms with Crippen LogP contribution in [-0.2, 0) is 4.74 Å². The molecule has 2 heterocycles. The van der Waals surface area contributed by atoms with Crippen LogP contribution in [0.4, 0.5) is 5.82 Å². The highest BCUT2D eigenvalue weighted by atomic mass is 32.2. The van der Waals surface area contributed by atoms with Gasteiger partial charge in [0.2, 0.25) is 0 Å². The Morgan fingerprint density at radius 1 is 1.36 bits per heavy atom. The molecule has 1 aromatic rings. The van der Waals surface area contributed by atoms with Crippen molar-refractivity contribution in [1.82, 2.24) is 4.98 Å². The molecule has 1 saturated heterocycles. The van der Waals surface area contributed by atoms with Gasteiger partial charge in [-0.05, 0) is 24.1 Å². The normalized spacial score (nSPS) is 17.1. The fourth-order valence-corrected chi connectivity index (χ4v) is 1.68. The van der Waals surface area contributed by atoms with Crippen molar-refractivity contribution in [1.29, 1.82) is 0 Å². The Bertz CT molecular complexity index is 285. The molecule has 76 valence electrons. The minimum absolute atomic E-state index is 0.787. The summed E-state index contributed by atoms with van der Waals surface area (Å²) in [5.74, 6) is 1.01. The third-order valence-corrected chi connectivity index (χ3v) is 2.71. The molecule has 2 N–H and O–H groups in total. The van der Waals surface area contributed by atoms with E-state index in [0.717, 1.165) is 37.0 Å². The maximum absolute atomic E-state index is 5.42. The third kappa shape index (κ3) is 2.17. The van der Waals surface area contributed by atoms with Crippen LogP contribution in [0.15, 0.2) is 23.2 Å². The van der Waals surface area contributed by atoms with Gasteiger partial charge in [0.1, 0.15) is 5.82 Å². The first-order chi connectivity index (χ1) is 6.90. The van der Waals surface area contributed by atoms with Crippen molar-refractivity contribution in [3.05, 3.63) is 18.3 Å². The fraction of sp³-hybridized carbons (Fsp3) is 0.444. The summed E-state index contributed by atoms with van der Waals surface area (Å²) >= 11 is 1.22. The molecule has 4 nitrogen and oxygen atoms in total. The second kappa shape index (κ2) is 4.63. The lowest BCUT2D eigenvalue weighted by Crippen LogP contribution is -2.36.